The number of anilines is 1. The summed E-state index contributed by atoms with van der Waals surface area (Å²) in [6, 6.07) is 5.95. The van der Waals surface area contributed by atoms with E-state index in [4.69, 9.17) is 21.1 Å². The summed E-state index contributed by atoms with van der Waals surface area (Å²) in [6.07, 6.45) is 2.76. The van der Waals surface area contributed by atoms with Crippen LogP contribution in [0.1, 0.15) is 13.3 Å². The molecule has 0 aliphatic heterocycles. The van der Waals surface area contributed by atoms with Crippen LogP contribution in [0.15, 0.2) is 24.4 Å². The van der Waals surface area contributed by atoms with Crippen LogP contribution >= 0.6 is 11.6 Å². The van der Waals surface area contributed by atoms with Gasteiger partial charge >= 0.3 is 0 Å². The van der Waals surface area contributed by atoms with Crippen molar-refractivity contribution in [2.75, 3.05) is 38.1 Å². The van der Waals surface area contributed by atoms with Gasteiger partial charge in [-0.2, -0.15) is 0 Å². The molecular weight excluding hydrogens is 288 g/mol. The first-order valence-corrected chi connectivity index (χ1v) is 7.60. The van der Waals surface area contributed by atoms with Crippen molar-refractivity contribution >= 4 is 28.2 Å². The molecule has 0 bridgehead atoms. The fourth-order valence-electron chi connectivity index (χ4n) is 2.40. The van der Waals surface area contributed by atoms with E-state index in [9.17, 15) is 0 Å². The normalized spacial score (nSPS) is 10.7. The summed E-state index contributed by atoms with van der Waals surface area (Å²) in [5.74, 6) is 3.05. The van der Waals surface area contributed by atoms with Crippen LogP contribution in [-0.2, 0) is 0 Å². The molecule has 0 radical (unpaired) electrons. The largest absolute Gasteiger partial charge is 0.493 e. The molecule has 1 aromatic heterocycles. The molecule has 1 aromatic carbocycles. The van der Waals surface area contributed by atoms with E-state index in [1.165, 1.54) is 0 Å². The first kappa shape index (κ1) is 15.7. The van der Waals surface area contributed by atoms with Crippen molar-refractivity contribution in [1.82, 2.24) is 4.98 Å². The zero-order chi connectivity index (χ0) is 15.2. The van der Waals surface area contributed by atoms with Crippen molar-refractivity contribution in [2.24, 2.45) is 0 Å². The number of ether oxygens (including phenoxy) is 2. The van der Waals surface area contributed by atoms with Gasteiger partial charge in [-0.15, -0.1) is 11.6 Å². The molecule has 1 heterocycles. The molecule has 114 valence electrons. The molecule has 0 aliphatic rings. The van der Waals surface area contributed by atoms with Crippen LogP contribution in [0.25, 0.3) is 10.8 Å². The van der Waals surface area contributed by atoms with Crippen LogP contribution in [-0.4, -0.2) is 38.2 Å². The van der Waals surface area contributed by atoms with E-state index in [-0.39, 0.29) is 0 Å². The van der Waals surface area contributed by atoms with Gasteiger partial charge in [-0.25, -0.2) is 4.98 Å². The summed E-state index contributed by atoms with van der Waals surface area (Å²) in [5, 5.41) is 2.15. The van der Waals surface area contributed by atoms with Gasteiger partial charge in [-0.3, -0.25) is 0 Å². The lowest BCUT2D eigenvalue weighted by atomic mass is 10.1. The van der Waals surface area contributed by atoms with Crippen LogP contribution in [0, 0.1) is 0 Å². The third-order valence-electron chi connectivity index (χ3n) is 3.49. The minimum atomic E-state index is 0.651. The Morgan fingerprint density at radius 2 is 1.90 bits per heavy atom. The number of hydrogen-bond acceptors (Lipinski definition) is 4. The Morgan fingerprint density at radius 3 is 2.52 bits per heavy atom. The average Bonchev–Trinajstić information content (AvgIpc) is 2.54. The lowest BCUT2D eigenvalue weighted by Gasteiger charge is -2.23. The third kappa shape index (κ3) is 3.32. The minimum Gasteiger partial charge on any atom is -0.493 e. The van der Waals surface area contributed by atoms with Crippen molar-refractivity contribution in [1.29, 1.82) is 0 Å². The molecule has 0 saturated heterocycles. The van der Waals surface area contributed by atoms with Gasteiger partial charge in [0.2, 0.25) is 0 Å². The van der Waals surface area contributed by atoms with Crippen LogP contribution in [0.5, 0.6) is 11.5 Å². The number of fused-ring (bicyclic) bond motifs is 1. The highest BCUT2D eigenvalue weighted by Gasteiger charge is 2.13. The van der Waals surface area contributed by atoms with Crippen LogP contribution in [0.3, 0.4) is 0 Å². The quantitative estimate of drug-likeness (QED) is 0.730. The van der Waals surface area contributed by atoms with Gasteiger partial charge in [0.1, 0.15) is 5.82 Å². The molecule has 21 heavy (non-hydrogen) atoms. The smallest absolute Gasteiger partial charge is 0.161 e. The van der Waals surface area contributed by atoms with Crippen molar-refractivity contribution < 1.29 is 9.47 Å². The second-order valence-electron chi connectivity index (χ2n) is 4.69. The Balaban J connectivity index is 2.53. The molecule has 0 aliphatic carbocycles. The molecule has 2 aromatic rings. The zero-order valence-electron chi connectivity index (χ0n) is 12.7. The van der Waals surface area contributed by atoms with Crippen LogP contribution in [0.2, 0.25) is 0 Å². The van der Waals surface area contributed by atoms with E-state index in [1.54, 1.807) is 14.2 Å². The van der Waals surface area contributed by atoms with Crippen LogP contribution < -0.4 is 14.4 Å². The molecule has 4 nitrogen and oxygen atoms in total. The number of halogens is 1. The SMILES string of the molecule is CCN(CCCCl)c1nccc2cc(OC)c(OC)cc12. The van der Waals surface area contributed by atoms with Crippen molar-refractivity contribution in [3.05, 3.63) is 24.4 Å². The highest BCUT2D eigenvalue weighted by atomic mass is 35.5. The Bertz CT molecular complexity index is 604. The average molecular weight is 309 g/mol. The Labute approximate surface area is 130 Å². The summed E-state index contributed by atoms with van der Waals surface area (Å²) in [5.41, 5.74) is 0. The maximum absolute atomic E-state index is 5.81. The molecule has 0 unspecified atom stereocenters. The number of pyridine rings is 1. The number of rotatable bonds is 7. The number of benzene rings is 1. The number of aromatic nitrogens is 1. The van der Waals surface area contributed by atoms with Gasteiger partial charge in [0.25, 0.3) is 0 Å². The summed E-state index contributed by atoms with van der Waals surface area (Å²) in [6.45, 7) is 3.90. The summed E-state index contributed by atoms with van der Waals surface area (Å²) in [7, 11) is 3.29. The van der Waals surface area contributed by atoms with Gasteiger partial charge in [-0.05, 0) is 36.9 Å². The molecule has 0 N–H and O–H groups in total. The summed E-state index contributed by atoms with van der Waals surface area (Å²) < 4.78 is 10.8. The molecule has 0 fully saturated rings. The molecular formula is C16H21ClN2O2. The van der Waals surface area contributed by atoms with Crippen molar-refractivity contribution in [3.8, 4) is 11.5 Å². The maximum atomic E-state index is 5.81. The van der Waals surface area contributed by atoms with E-state index in [1.807, 2.05) is 24.4 Å². The van der Waals surface area contributed by atoms with E-state index in [2.05, 4.69) is 16.8 Å². The second kappa shape index (κ2) is 7.36. The third-order valence-corrected chi connectivity index (χ3v) is 3.76. The van der Waals surface area contributed by atoms with Gasteiger partial charge in [0.05, 0.1) is 14.2 Å². The van der Waals surface area contributed by atoms with E-state index >= 15 is 0 Å². The lowest BCUT2D eigenvalue weighted by Crippen LogP contribution is -2.25. The van der Waals surface area contributed by atoms with Gasteiger partial charge in [0.15, 0.2) is 11.5 Å². The Kier molecular flexibility index (Phi) is 5.51. The van der Waals surface area contributed by atoms with E-state index in [0.717, 1.165) is 41.9 Å². The van der Waals surface area contributed by atoms with Crippen molar-refractivity contribution in [2.45, 2.75) is 13.3 Å². The summed E-state index contributed by atoms with van der Waals surface area (Å²) >= 11 is 5.81. The topological polar surface area (TPSA) is 34.6 Å². The molecule has 0 atom stereocenters. The predicted molar refractivity (Wildman–Crippen MR) is 88.1 cm³/mol. The molecule has 0 saturated carbocycles. The molecule has 2 rings (SSSR count). The first-order chi connectivity index (χ1) is 10.2. The lowest BCUT2D eigenvalue weighted by molar-refractivity contribution is 0.356. The standard InChI is InChI=1S/C16H21ClN2O2/c1-4-19(9-5-7-17)16-13-11-15(21-3)14(20-2)10-12(13)6-8-18-16/h6,8,10-11H,4-5,7,9H2,1-3H3. The summed E-state index contributed by atoms with van der Waals surface area (Å²) in [4.78, 5) is 6.78. The van der Waals surface area contributed by atoms with Gasteiger partial charge in [0, 0.05) is 30.6 Å². The molecule has 0 spiro atoms. The number of alkyl halides is 1. The maximum Gasteiger partial charge on any atom is 0.161 e. The van der Waals surface area contributed by atoms with Crippen molar-refractivity contribution in [3.63, 3.8) is 0 Å². The number of hydrogen-bond donors (Lipinski definition) is 0. The highest BCUT2D eigenvalue weighted by Crippen LogP contribution is 2.35. The Hall–Kier alpha value is -1.68. The van der Waals surface area contributed by atoms with Gasteiger partial charge in [-0.1, -0.05) is 0 Å². The van der Waals surface area contributed by atoms with E-state index in [0.29, 0.717) is 11.6 Å². The first-order valence-electron chi connectivity index (χ1n) is 7.06. The molecule has 0 amide bonds. The number of methoxy groups -OCH3 is 2. The predicted octanol–water partition coefficient (Wildman–Crippen LogP) is 3.71. The fourth-order valence-corrected chi connectivity index (χ4v) is 2.52. The highest BCUT2D eigenvalue weighted by molar-refractivity contribution is 6.17. The minimum absolute atomic E-state index is 0.651. The zero-order valence-corrected chi connectivity index (χ0v) is 13.5. The monoisotopic (exact) mass is 308 g/mol. The Morgan fingerprint density at radius 1 is 1.19 bits per heavy atom. The molecule has 5 heteroatoms. The van der Waals surface area contributed by atoms with E-state index < -0.39 is 0 Å². The van der Waals surface area contributed by atoms with Crippen LogP contribution in [0.4, 0.5) is 5.82 Å². The van der Waals surface area contributed by atoms with Gasteiger partial charge < -0.3 is 14.4 Å². The second-order valence-corrected chi connectivity index (χ2v) is 5.06. The fraction of sp³-hybridized carbons (Fsp3) is 0.438. The number of nitrogens with zero attached hydrogens (tertiary/aromatic N) is 2.